The van der Waals surface area contributed by atoms with Crippen molar-refractivity contribution >= 4 is 17.3 Å². The number of carbonyl (C=O) groups is 1. The lowest BCUT2D eigenvalue weighted by Gasteiger charge is -1.98. The number of carbonyl (C=O) groups excluding carboxylic acids is 1. The Labute approximate surface area is 88.0 Å². The van der Waals surface area contributed by atoms with Crippen molar-refractivity contribution in [3.8, 4) is 0 Å². The number of aldehydes is 1. The van der Waals surface area contributed by atoms with Crippen LogP contribution in [0.3, 0.4) is 0 Å². The van der Waals surface area contributed by atoms with E-state index in [1.807, 2.05) is 42.0 Å². The monoisotopic (exact) mass is 200 g/mol. The molecular formula is C12H12N2O. The molecule has 2 aromatic rings. The molecule has 15 heavy (non-hydrogen) atoms. The van der Waals surface area contributed by atoms with Crippen LogP contribution >= 0.6 is 0 Å². The van der Waals surface area contributed by atoms with E-state index in [9.17, 15) is 4.79 Å². The van der Waals surface area contributed by atoms with Crippen molar-refractivity contribution in [3.63, 3.8) is 0 Å². The van der Waals surface area contributed by atoms with Crippen molar-refractivity contribution < 1.29 is 4.79 Å². The Morgan fingerprint density at radius 1 is 1.53 bits per heavy atom. The van der Waals surface area contributed by atoms with Gasteiger partial charge in [0.15, 0.2) is 6.29 Å². The molecule has 0 bridgehead atoms. The van der Waals surface area contributed by atoms with Crippen LogP contribution in [-0.2, 0) is 6.54 Å². The number of pyridine rings is 1. The Balaban J connectivity index is 2.59. The molecule has 0 spiro atoms. The first-order chi connectivity index (χ1) is 7.36. The molecule has 0 aromatic carbocycles. The van der Waals surface area contributed by atoms with Gasteiger partial charge in [0, 0.05) is 29.9 Å². The minimum absolute atomic E-state index is 0.697. The highest BCUT2D eigenvalue weighted by molar-refractivity contribution is 5.95. The summed E-state index contributed by atoms with van der Waals surface area (Å²) in [6.07, 6.45) is 8.46. The van der Waals surface area contributed by atoms with Gasteiger partial charge in [-0.05, 0) is 19.1 Å². The summed E-state index contributed by atoms with van der Waals surface area (Å²) in [6.45, 7) is 2.72. The summed E-state index contributed by atoms with van der Waals surface area (Å²) in [5.41, 5.74) is 1.56. The second-order valence-electron chi connectivity index (χ2n) is 3.30. The molecule has 0 saturated carbocycles. The predicted octanol–water partition coefficient (Wildman–Crippen LogP) is 2.42. The third kappa shape index (κ3) is 1.68. The second kappa shape index (κ2) is 4.09. The second-order valence-corrected chi connectivity index (χ2v) is 3.30. The highest BCUT2D eigenvalue weighted by atomic mass is 16.1. The van der Waals surface area contributed by atoms with Crippen molar-refractivity contribution in [1.29, 1.82) is 0 Å². The molecular weight excluding hydrogens is 188 g/mol. The van der Waals surface area contributed by atoms with Gasteiger partial charge < -0.3 is 4.57 Å². The molecule has 0 aliphatic rings. The zero-order chi connectivity index (χ0) is 10.7. The molecule has 2 aromatic heterocycles. The van der Waals surface area contributed by atoms with Crippen molar-refractivity contribution in [3.05, 3.63) is 42.2 Å². The Bertz CT molecular complexity index is 511. The zero-order valence-electron chi connectivity index (χ0n) is 8.55. The van der Waals surface area contributed by atoms with Gasteiger partial charge in [0.2, 0.25) is 0 Å². The van der Waals surface area contributed by atoms with Gasteiger partial charge in [-0.3, -0.25) is 4.79 Å². The predicted molar refractivity (Wildman–Crippen MR) is 59.9 cm³/mol. The van der Waals surface area contributed by atoms with E-state index in [1.165, 1.54) is 0 Å². The van der Waals surface area contributed by atoms with Crippen LogP contribution in [-0.4, -0.2) is 15.8 Å². The summed E-state index contributed by atoms with van der Waals surface area (Å²) in [5, 5.41) is 0.914. The lowest BCUT2D eigenvalue weighted by molar-refractivity contribution is 0.112. The van der Waals surface area contributed by atoms with Crippen LogP contribution in [0.15, 0.2) is 36.7 Å². The van der Waals surface area contributed by atoms with E-state index in [1.54, 1.807) is 6.20 Å². The van der Waals surface area contributed by atoms with Crippen LogP contribution in [0.2, 0.25) is 0 Å². The molecule has 0 unspecified atom stereocenters. The summed E-state index contributed by atoms with van der Waals surface area (Å²) in [7, 11) is 0. The molecule has 3 nitrogen and oxygen atoms in total. The van der Waals surface area contributed by atoms with E-state index in [4.69, 9.17) is 0 Å². The van der Waals surface area contributed by atoms with Gasteiger partial charge in [0.05, 0.1) is 0 Å². The fourth-order valence-electron chi connectivity index (χ4n) is 1.60. The molecule has 0 amide bonds. The molecule has 0 aliphatic heterocycles. The maximum absolute atomic E-state index is 10.8. The fourth-order valence-corrected chi connectivity index (χ4v) is 1.60. The SMILES string of the molecule is CC=CCn1cc(C=O)c2cccnc21. The first-order valence-corrected chi connectivity index (χ1v) is 4.87. The molecule has 0 atom stereocenters. The molecule has 3 heteroatoms. The van der Waals surface area contributed by atoms with Crippen LogP contribution in [0.5, 0.6) is 0 Å². The van der Waals surface area contributed by atoms with E-state index in [2.05, 4.69) is 4.98 Å². The van der Waals surface area contributed by atoms with E-state index in [-0.39, 0.29) is 0 Å². The van der Waals surface area contributed by atoms with E-state index < -0.39 is 0 Å². The summed E-state index contributed by atoms with van der Waals surface area (Å²) in [5.74, 6) is 0. The molecule has 0 radical (unpaired) electrons. The van der Waals surface area contributed by atoms with Crippen molar-refractivity contribution in [2.45, 2.75) is 13.5 Å². The van der Waals surface area contributed by atoms with Crippen LogP contribution in [0, 0.1) is 0 Å². The number of rotatable bonds is 3. The normalized spacial score (nSPS) is 11.3. The average Bonchev–Trinajstić information content (AvgIpc) is 2.65. The largest absolute Gasteiger partial charge is 0.328 e. The summed E-state index contributed by atoms with van der Waals surface area (Å²) in [4.78, 5) is 15.1. The van der Waals surface area contributed by atoms with Gasteiger partial charge in [0.1, 0.15) is 5.65 Å². The molecule has 0 aliphatic carbocycles. The van der Waals surface area contributed by atoms with E-state index in [0.717, 1.165) is 23.9 Å². The van der Waals surface area contributed by atoms with Crippen molar-refractivity contribution in [2.24, 2.45) is 0 Å². The highest BCUT2D eigenvalue weighted by Crippen LogP contribution is 2.17. The van der Waals surface area contributed by atoms with Crippen LogP contribution in [0.1, 0.15) is 17.3 Å². The van der Waals surface area contributed by atoms with Crippen LogP contribution < -0.4 is 0 Å². The van der Waals surface area contributed by atoms with Gasteiger partial charge in [-0.15, -0.1) is 0 Å². The fraction of sp³-hybridized carbons (Fsp3) is 0.167. The minimum atomic E-state index is 0.697. The number of hydrogen-bond acceptors (Lipinski definition) is 2. The molecule has 2 rings (SSSR count). The summed E-state index contributed by atoms with van der Waals surface area (Å²) in [6, 6.07) is 3.76. The van der Waals surface area contributed by atoms with Crippen LogP contribution in [0.4, 0.5) is 0 Å². The number of allylic oxidation sites excluding steroid dienone is 2. The third-order valence-electron chi connectivity index (χ3n) is 2.33. The molecule has 0 saturated heterocycles. The Morgan fingerprint density at radius 3 is 3.13 bits per heavy atom. The quantitative estimate of drug-likeness (QED) is 0.563. The van der Waals surface area contributed by atoms with Gasteiger partial charge in [-0.2, -0.15) is 0 Å². The molecule has 76 valence electrons. The number of nitrogens with zero attached hydrogens (tertiary/aromatic N) is 2. The first-order valence-electron chi connectivity index (χ1n) is 4.87. The van der Waals surface area contributed by atoms with Gasteiger partial charge in [-0.25, -0.2) is 4.98 Å². The Morgan fingerprint density at radius 2 is 2.40 bits per heavy atom. The summed E-state index contributed by atoms with van der Waals surface area (Å²) < 4.78 is 1.97. The first kappa shape index (κ1) is 9.65. The molecule has 0 N–H and O–H groups in total. The maximum Gasteiger partial charge on any atom is 0.152 e. The van der Waals surface area contributed by atoms with E-state index in [0.29, 0.717) is 5.56 Å². The van der Waals surface area contributed by atoms with E-state index >= 15 is 0 Å². The van der Waals surface area contributed by atoms with Gasteiger partial charge >= 0.3 is 0 Å². The molecule has 0 fully saturated rings. The molecule has 2 heterocycles. The van der Waals surface area contributed by atoms with Gasteiger partial charge in [0.25, 0.3) is 0 Å². The number of aromatic nitrogens is 2. The number of hydrogen-bond donors (Lipinski definition) is 0. The van der Waals surface area contributed by atoms with Crippen LogP contribution in [0.25, 0.3) is 11.0 Å². The van der Waals surface area contributed by atoms with Gasteiger partial charge in [-0.1, -0.05) is 12.2 Å². The lowest BCUT2D eigenvalue weighted by atomic mass is 10.2. The maximum atomic E-state index is 10.8. The summed E-state index contributed by atoms with van der Waals surface area (Å²) >= 11 is 0. The number of fused-ring (bicyclic) bond motifs is 1. The Hall–Kier alpha value is -1.90. The van der Waals surface area contributed by atoms with Crippen molar-refractivity contribution in [2.75, 3.05) is 0 Å². The highest BCUT2D eigenvalue weighted by Gasteiger charge is 2.06. The third-order valence-corrected chi connectivity index (χ3v) is 2.33. The van der Waals surface area contributed by atoms with Crippen molar-refractivity contribution in [1.82, 2.24) is 9.55 Å². The topological polar surface area (TPSA) is 34.9 Å². The standard InChI is InChI=1S/C12H12N2O/c1-2-3-7-14-8-10(9-15)11-5-4-6-13-12(11)14/h2-6,8-9H,7H2,1H3. The zero-order valence-corrected chi connectivity index (χ0v) is 8.55. The minimum Gasteiger partial charge on any atom is -0.328 e. The average molecular weight is 200 g/mol. The smallest absolute Gasteiger partial charge is 0.152 e. The lowest BCUT2D eigenvalue weighted by Crippen LogP contribution is -1.93. The Kier molecular flexibility index (Phi) is 2.63.